The van der Waals surface area contributed by atoms with Gasteiger partial charge < -0.3 is 0 Å². The van der Waals surface area contributed by atoms with Crippen LogP contribution in [0.4, 0.5) is 0 Å². The molecule has 3 heterocycles. The number of fused-ring (bicyclic) bond motifs is 1. The Balaban J connectivity index is 0.000000148. The molecule has 7 rings (SSSR count). The van der Waals surface area contributed by atoms with Gasteiger partial charge in [-0.3, -0.25) is 0 Å². The van der Waals surface area contributed by atoms with Gasteiger partial charge in [-0.05, 0) is 35.4 Å². The summed E-state index contributed by atoms with van der Waals surface area (Å²) < 4.78 is 1.78. The third-order valence-electron chi connectivity index (χ3n) is 6.18. The topological polar surface area (TPSA) is 68.9 Å². The van der Waals surface area contributed by atoms with E-state index in [-0.39, 0.29) is 0 Å². The summed E-state index contributed by atoms with van der Waals surface area (Å²) in [4.78, 5) is 17.4. The van der Waals surface area contributed by atoms with Gasteiger partial charge in [0.25, 0.3) is 0 Å². The lowest BCUT2D eigenvalue weighted by Gasteiger charge is -2.03. The Hall–Kier alpha value is -5.20. The molecule has 0 N–H and O–H groups in total. The lowest BCUT2D eigenvalue weighted by Crippen LogP contribution is -1.94. The third kappa shape index (κ3) is 5.77. The average Bonchev–Trinajstić information content (AvgIpc) is 3.47. The first-order valence-corrected chi connectivity index (χ1v) is 13.1. The van der Waals surface area contributed by atoms with Crippen LogP contribution in [0, 0.1) is 0 Å². The lowest BCUT2D eigenvalue weighted by atomic mass is 10.0. The molecule has 3 aromatic heterocycles. The number of hydrogen-bond donors (Lipinski definition) is 0. The van der Waals surface area contributed by atoms with Crippen LogP contribution in [0.5, 0.6) is 0 Å². The molecule has 0 spiro atoms. The summed E-state index contributed by atoms with van der Waals surface area (Å²) in [5, 5.41) is 5.22. The van der Waals surface area contributed by atoms with Crippen LogP contribution in [0.3, 0.4) is 0 Å². The Morgan fingerprint density at radius 3 is 1.68 bits per heavy atom. The predicted octanol–water partition coefficient (Wildman–Crippen LogP) is 7.92. The Bertz CT molecular complexity index is 1760. The highest BCUT2D eigenvalue weighted by molar-refractivity contribution is 6.30. The largest absolute Gasteiger partial charge is 0.221 e. The van der Waals surface area contributed by atoms with E-state index in [4.69, 9.17) is 11.6 Å². The van der Waals surface area contributed by atoms with Gasteiger partial charge in [-0.2, -0.15) is 0 Å². The van der Waals surface area contributed by atoms with Crippen molar-refractivity contribution in [2.45, 2.75) is 0 Å². The zero-order valence-corrected chi connectivity index (χ0v) is 22.1. The predicted molar refractivity (Wildman–Crippen MR) is 160 cm³/mol. The first-order chi connectivity index (χ1) is 19.7. The highest BCUT2D eigenvalue weighted by Crippen LogP contribution is 2.25. The van der Waals surface area contributed by atoms with Gasteiger partial charge in [0.15, 0.2) is 23.1 Å². The molecule has 0 unspecified atom stereocenters. The molecule has 0 saturated carbocycles. The van der Waals surface area contributed by atoms with Crippen LogP contribution < -0.4 is 0 Å². The van der Waals surface area contributed by atoms with Crippen molar-refractivity contribution in [2.24, 2.45) is 0 Å². The molecule has 0 bridgehead atoms. The van der Waals surface area contributed by atoms with Crippen molar-refractivity contribution in [1.82, 2.24) is 29.5 Å². The smallest absolute Gasteiger partial charge is 0.182 e. The molecule has 0 aliphatic rings. The van der Waals surface area contributed by atoms with E-state index in [9.17, 15) is 0 Å². The summed E-state index contributed by atoms with van der Waals surface area (Å²) in [6, 6.07) is 41.7. The molecule has 0 radical (unpaired) electrons. The minimum Gasteiger partial charge on any atom is -0.221 e. The zero-order valence-electron chi connectivity index (χ0n) is 21.3. The Labute approximate surface area is 236 Å². The number of nitrogens with zero attached hydrogens (tertiary/aromatic N) is 6. The van der Waals surface area contributed by atoms with Crippen molar-refractivity contribution in [1.29, 1.82) is 0 Å². The van der Waals surface area contributed by atoms with E-state index in [1.165, 1.54) is 0 Å². The van der Waals surface area contributed by atoms with Crippen molar-refractivity contribution in [2.75, 3.05) is 0 Å². The highest BCUT2D eigenvalue weighted by Gasteiger charge is 2.07. The SMILES string of the molecule is Clc1cccc(-c2ccc(-c3nc4ccccn4n3)cc2)c1.c1ccc(-c2ncnc(-c3ccccc3)n2)cc1. The Kier molecular flexibility index (Phi) is 7.33. The van der Waals surface area contributed by atoms with Crippen LogP contribution in [0.25, 0.3) is 50.9 Å². The maximum atomic E-state index is 6.04. The molecular formula is C33H23ClN6. The molecule has 6 nitrogen and oxygen atoms in total. The van der Waals surface area contributed by atoms with E-state index in [2.05, 4.69) is 37.2 Å². The quantitative estimate of drug-likeness (QED) is 0.227. The number of rotatable bonds is 4. The second-order valence-electron chi connectivity index (χ2n) is 8.89. The zero-order chi connectivity index (χ0) is 27.1. The van der Waals surface area contributed by atoms with Gasteiger partial charge in [0.2, 0.25) is 0 Å². The Morgan fingerprint density at radius 2 is 1.05 bits per heavy atom. The van der Waals surface area contributed by atoms with Gasteiger partial charge in [-0.25, -0.2) is 24.5 Å². The van der Waals surface area contributed by atoms with E-state index in [0.29, 0.717) is 11.6 Å². The number of hydrogen-bond acceptors (Lipinski definition) is 5. The Morgan fingerprint density at radius 1 is 0.475 bits per heavy atom. The van der Waals surface area contributed by atoms with Crippen molar-refractivity contribution in [3.63, 3.8) is 0 Å². The molecule has 0 aliphatic carbocycles. The number of benzene rings is 4. The van der Waals surface area contributed by atoms with E-state index in [1.807, 2.05) is 121 Å². The maximum Gasteiger partial charge on any atom is 0.182 e. The molecule has 7 aromatic rings. The van der Waals surface area contributed by atoms with E-state index < -0.39 is 0 Å². The van der Waals surface area contributed by atoms with Crippen molar-refractivity contribution in [3.05, 3.63) is 145 Å². The van der Waals surface area contributed by atoms with Crippen LogP contribution in [0.2, 0.25) is 5.02 Å². The summed E-state index contributed by atoms with van der Waals surface area (Å²) in [6.45, 7) is 0. The van der Waals surface area contributed by atoms with E-state index in [0.717, 1.165) is 44.3 Å². The number of halogens is 1. The first-order valence-electron chi connectivity index (χ1n) is 12.7. The molecular weight excluding hydrogens is 516 g/mol. The first kappa shape index (κ1) is 25.1. The fourth-order valence-electron chi connectivity index (χ4n) is 4.18. The average molecular weight is 539 g/mol. The van der Waals surface area contributed by atoms with Crippen molar-refractivity contribution in [3.8, 4) is 45.3 Å². The third-order valence-corrected chi connectivity index (χ3v) is 6.41. The summed E-state index contributed by atoms with van der Waals surface area (Å²) in [7, 11) is 0. The van der Waals surface area contributed by atoms with Gasteiger partial charge in [-0.1, -0.05) is 115 Å². The van der Waals surface area contributed by atoms with Crippen LogP contribution in [-0.4, -0.2) is 29.5 Å². The minimum atomic E-state index is 0.699. The number of pyridine rings is 1. The summed E-state index contributed by atoms with van der Waals surface area (Å²) >= 11 is 6.04. The fourth-order valence-corrected chi connectivity index (χ4v) is 4.37. The van der Waals surface area contributed by atoms with E-state index in [1.54, 1.807) is 10.8 Å². The van der Waals surface area contributed by atoms with Gasteiger partial charge in [0.05, 0.1) is 0 Å². The van der Waals surface area contributed by atoms with Crippen molar-refractivity contribution < 1.29 is 0 Å². The molecule has 4 aromatic carbocycles. The lowest BCUT2D eigenvalue weighted by molar-refractivity contribution is 0.966. The molecule has 0 amide bonds. The summed E-state index contributed by atoms with van der Waals surface area (Å²) in [5.41, 5.74) is 6.05. The molecule has 0 aliphatic heterocycles. The molecule has 0 saturated heterocycles. The maximum absolute atomic E-state index is 6.04. The molecule has 0 atom stereocenters. The van der Waals surface area contributed by atoms with Gasteiger partial charge in [-0.15, -0.1) is 5.10 Å². The van der Waals surface area contributed by atoms with E-state index >= 15 is 0 Å². The van der Waals surface area contributed by atoms with Gasteiger partial charge in [0, 0.05) is 27.9 Å². The summed E-state index contributed by atoms with van der Waals surface area (Å²) in [6.07, 6.45) is 3.45. The monoisotopic (exact) mass is 538 g/mol. The van der Waals surface area contributed by atoms with Gasteiger partial charge >= 0.3 is 0 Å². The summed E-state index contributed by atoms with van der Waals surface area (Å²) in [5.74, 6) is 2.12. The fraction of sp³-hybridized carbons (Fsp3) is 0. The molecule has 40 heavy (non-hydrogen) atoms. The standard InChI is InChI=1S/C18H12ClN3.C15H11N3/c19-16-5-3-4-15(12-16)13-7-9-14(10-8-13)18-20-17-6-1-2-11-22(17)21-18;1-3-7-12(8-4-1)14-16-11-17-15(18-14)13-9-5-2-6-10-13/h1-12H;1-11H. The minimum absolute atomic E-state index is 0.699. The highest BCUT2D eigenvalue weighted by atomic mass is 35.5. The number of aromatic nitrogens is 6. The van der Waals surface area contributed by atoms with Gasteiger partial charge in [0.1, 0.15) is 6.33 Å². The molecule has 7 heteroatoms. The second kappa shape index (κ2) is 11.7. The van der Waals surface area contributed by atoms with Crippen LogP contribution >= 0.6 is 11.6 Å². The second-order valence-corrected chi connectivity index (χ2v) is 9.33. The molecule has 192 valence electrons. The molecule has 0 fully saturated rings. The normalized spacial score (nSPS) is 10.6. The van der Waals surface area contributed by atoms with Crippen LogP contribution in [0.15, 0.2) is 140 Å². The van der Waals surface area contributed by atoms with Crippen molar-refractivity contribution >= 4 is 17.2 Å². The van der Waals surface area contributed by atoms with Crippen LogP contribution in [-0.2, 0) is 0 Å². The van der Waals surface area contributed by atoms with Crippen LogP contribution in [0.1, 0.15) is 0 Å².